The number of aromatic carboxylic acids is 1. The van der Waals surface area contributed by atoms with Crippen molar-refractivity contribution < 1.29 is 36.7 Å². The van der Waals surface area contributed by atoms with Crippen LogP contribution in [0.1, 0.15) is 37.4 Å². The van der Waals surface area contributed by atoms with E-state index < -0.39 is 45.7 Å². The number of hydrogen-bond donors (Lipinski definition) is 3. The smallest absolute Gasteiger partial charge is 0.417 e. The quantitative estimate of drug-likeness (QED) is 0.157. The molecule has 0 saturated carbocycles. The highest BCUT2D eigenvalue weighted by atomic mass is 79.9. The van der Waals surface area contributed by atoms with Crippen LogP contribution in [0.3, 0.4) is 0 Å². The number of aromatic nitrogens is 1. The van der Waals surface area contributed by atoms with Gasteiger partial charge in [-0.05, 0) is 64.5 Å². The first-order chi connectivity index (χ1) is 17.9. The Morgan fingerprint density at radius 2 is 1.79 bits per heavy atom. The summed E-state index contributed by atoms with van der Waals surface area (Å²) >= 11 is 9.06. The number of oxazole rings is 1. The molecular formula is C25H13BrClF4N3O4. The van der Waals surface area contributed by atoms with Crippen LogP contribution in [0.2, 0.25) is 5.02 Å². The van der Waals surface area contributed by atoms with Crippen LogP contribution in [0.15, 0.2) is 69.9 Å². The van der Waals surface area contributed by atoms with E-state index in [1.165, 1.54) is 24.4 Å². The van der Waals surface area contributed by atoms with Crippen molar-refractivity contribution in [1.82, 2.24) is 4.98 Å². The SMILES string of the molecule is N=C(c1ccc(C(=O)O)cc1F)c1ccc(-c2ncc(Br)o2)cc1NC(=O)c1c(Cl)cccc1C(F)(F)F. The molecule has 0 saturated heterocycles. The fourth-order valence-electron chi connectivity index (χ4n) is 3.56. The zero-order chi connectivity index (χ0) is 27.8. The van der Waals surface area contributed by atoms with Gasteiger partial charge in [-0.25, -0.2) is 14.2 Å². The molecule has 0 unspecified atom stereocenters. The Balaban J connectivity index is 1.83. The second-order valence-corrected chi connectivity index (χ2v) is 8.91. The maximum absolute atomic E-state index is 14.7. The van der Waals surface area contributed by atoms with Gasteiger partial charge >= 0.3 is 12.1 Å². The molecule has 0 atom stereocenters. The third-order valence-corrected chi connectivity index (χ3v) is 5.97. The molecule has 0 bridgehead atoms. The van der Waals surface area contributed by atoms with Crippen molar-refractivity contribution in [3.8, 4) is 11.5 Å². The average Bonchev–Trinajstić information content (AvgIpc) is 3.29. The molecule has 4 aromatic rings. The van der Waals surface area contributed by atoms with E-state index in [0.717, 1.165) is 30.3 Å². The molecule has 0 aliphatic heterocycles. The lowest BCUT2D eigenvalue weighted by Gasteiger charge is -2.17. The first-order valence-corrected chi connectivity index (χ1v) is 11.6. The molecule has 3 N–H and O–H groups in total. The predicted octanol–water partition coefficient (Wildman–Crippen LogP) is 7.28. The van der Waals surface area contributed by atoms with Crippen LogP contribution in [0.4, 0.5) is 23.2 Å². The van der Waals surface area contributed by atoms with Gasteiger partial charge in [0, 0.05) is 16.7 Å². The number of nitrogens with zero attached hydrogens (tertiary/aromatic N) is 1. The van der Waals surface area contributed by atoms with E-state index in [-0.39, 0.29) is 38.5 Å². The summed E-state index contributed by atoms with van der Waals surface area (Å²) in [5, 5.41) is 19.5. The van der Waals surface area contributed by atoms with E-state index in [1.807, 2.05) is 0 Å². The van der Waals surface area contributed by atoms with Gasteiger partial charge in [0.05, 0.1) is 39.3 Å². The van der Waals surface area contributed by atoms with Crippen LogP contribution in [0, 0.1) is 11.2 Å². The van der Waals surface area contributed by atoms with Gasteiger partial charge in [0.2, 0.25) is 5.89 Å². The largest absolute Gasteiger partial charge is 0.478 e. The number of nitrogens with one attached hydrogen (secondary N) is 2. The van der Waals surface area contributed by atoms with Crippen molar-refractivity contribution >= 4 is 50.8 Å². The molecule has 0 aliphatic carbocycles. The molecule has 0 aliphatic rings. The molecule has 0 fully saturated rings. The van der Waals surface area contributed by atoms with Crippen LogP contribution in [0.25, 0.3) is 11.5 Å². The number of carboxylic acid groups (broad SMARTS) is 1. The van der Waals surface area contributed by atoms with E-state index >= 15 is 0 Å². The van der Waals surface area contributed by atoms with Crippen molar-refractivity contribution in [2.75, 3.05) is 5.32 Å². The molecule has 13 heteroatoms. The minimum atomic E-state index is -4.89. The number of halogens is 6. The highest BCUT2D eigenvalue weighted by Crippen LogP contribution is 2.36. The molecule has 3 aromatic carbocycles. The van der Waals surface area contributed by atoms with Gasteiger partial charge in [-0.1, -0.05) is 17.7 Å². The second-order valence-electron chi connectivity index (χ2n) is 7.72. The highest BCUT2D eigenvalue weighted by molar-refractivity contribution is 9.10. The summed E-state index contributed by atoms with van der Waals surface area (Å²) in [5.41, 5.74) is -3.26. The third kappa shape index (κ3) is 5.46. The van der Waals surface area contributed by atoms with Crippen molar-refractivity contribution in [3.63, 3.8) is 0 Å². The van der Waals surface area contributed by atoms with Crippen molar-refractivity contribution in [1.29, 1.82) is 5.41 Å². The lowest BCUT2D eigenvalue weighted by Crippen LogP contribution is -2.21. The van der Waals surface area contributed by atoms with E-state index in [4.69, 9.17) is 26.5 Å². The second kappa shape index (κ2) is 10.4. The fourth-order valence-corrected chi connectivity index (χ4v) is 4.07. The Kier molecular flexibility index (Phi) is 7.38. The van der Waals surface area contributed by atoms with Crippen molar-refractivity contribution in [3.05, 3.63) is 104 Å². The van der Waals surface area contributed by atoms with E-state index in [2.05, 4.69) is 26.2 Å². The number of benzene rings is 3. The number of carbonyl (C=O) groups excluding carboxylic acids is 1. The van der Waals surface area contributed by atoms with Gasteiger partial charge < -0.3 is 14.8 Å². The molecule has 0 radical (unpaired) electrons. The van der Waals surface area contributed by atoms with Crippen LogP contribution in [-0.2, 0) is 6.18 Å². The molecule has 38 heavy (non-hydrogen) atoms. The number of carboxylic acids is 1. The normalized spacial score (nSPS) is 11.3. The number of carbonyl (C=O) groups is 2. The van der Waals surface area contributed by atoms with E-state index in [0.29, 0.717) is 6.07 Å². The topological polar surface area (TPSA) is 116 Å². The predicted molar refractivity (Wildman–Crippen MR) is 133 cm³/mol. The average molecular weight is 611 g/mol. The molecule has 194 valence electrons. The minimum Gasteiger partial charge on any atom is -0.478 e. The van der Waals surface area contributed by atoms with Gasteiger partial charge in [-0.2, -0.15) is 13.2 Å². The number of anilines is 1. The zero-order valence-corrected chi connectivity index (χ0v) is 21.0. The molecule has 1 amide bonds. The highest BCUT2D eigenvalue weighted by Gasteiger charge is 2.36. The standard InChI is InChI=1S/C25H13BrClF4N3O4/c26-19-10-33-23(38-19)11-4-7-14(21(32)13-6-5-12(24(36)37)8-17(13)28)18(9-11)34-22(35)20-15(25(29,30)31)2-1-3-16(20)27/h1-10,32H,(H,34,35)(H,36,37). The van der Waals surface area contributed by atoms with Crippen LogP contribution < -0.4 is 5.32 Å². The summed E-state index contributed by atoms with van der Waals surface area (Å²) in [5.74, 6) is -3.56. The maximum Gasteiger partial charge on any atom is 0.417 e. The Bertz CT molecular complexity index is 1600. The third-order valence-electron chi connectivity index (χ3n) is 5.29. The van der Waals surface area contributed by atoms with Crippen LogP contribution in [0.5, 0.6) is 0 Å². The van der Waals surface area contributed by atoms with Gasteiger partial charge in [-0.15, -0.1) is 0 Å². The van der Waals surface area contributed by atoms with Gasteiger partial charge in [-0.3, -0.25) is 10.2 Å². The summed E-state index contributed by atoms with van der Waals surface area (Å²) in [7, 11) is 0. The Hall–Kier alpha value is -4.03. The van der Waals surface area contributed by atoms with Gasteiger partial charge in [0.15, 0.2) is 4.67 Å². The fraction of sp³-hybridized carbons (Fsp3) is 0.0400. The maximum atomic E-state index is 14.7. The first kappa shape index (κ1) is 27.0. The molecule has 1 aromatic heterocycles. The molecule has 4 rings (SSSR count). The van der Waals surface area contributed by atoms with Gasteiger partial charge in [0.25, 0.3) is 5.91 Å². The Morgan fingerprint density at radius 1 is 1.08 bits per heavy atom. The van der Waals surface area contributed by atoms with E-state index in [9.17, 15) is 27.2 Å². The van der Waals surface area contributed by atoms with Gasteiger partial charge in [0.1, 0.15) is 5.82 Å². The minimum absolute atomic E-state index is 0.0798. The zero-order valence-electron chi connectivity index (χ0n) is 18.7. The van der Waals surface area contributed by atoms with E-state index in [1.54, 1.807) is 0 Å². The molecule has 1 heterocycles. The monoisotopic (exact) mass is 609 g/mol. The molecule has 0 spiro atoms. The Morgan fingerprint density at radius 3 is 2.39 bits per heavy atom. The Labute approximate surface area is 224 Å². The molecular weight excluding hydrogens is 598 g/mol. The van der Waals surface area contributed by atoms with Crippen LogP contribution in [-0.4, -0.2) is 27.7 Å². The van der Waals surface area contributed by atoms with Crippen LogP contribution >= 0.6 is 27.5 Å². The lowest BCUT2D eigenvalue weighted by molar-refractivity contribution is -0.137. The summed E-state index contributed by atoms with van der Waals surface area (Å²) < 4.78 is 61.2. The summed E-state index contributed by atoms with van der Waals surface area (Å²) in [6.45, 7) is 0. The number of hydrogen-bond acceptors (Lipinski definition) is 5. The lowest BCUT2D eigenvalue weighted by atomic mass is 9.97. The number of amides is 1. The molecule has 7 nitrogen and oxygen atoms in total. The summed E-state index contributed by atoms with van der Waals surface area (Å²) in [6.07, 6.45) is -3.55. The summed E-state index contributed by atoms with van der Waals surface area (Å²) in [6, 6.07) is 9.79. The number of rotatable bonds is 6. The summed E-state index contributed by atoms with van der Waals surface area (Å²) in [4.78, 5) is 28.3. The van der Waals surface area contributed by atoms with Crippen molar-refractivity contribution in [2.24, 2.45) is 0 Å². The number of alkyl halides is 3. The van der Waals surface area contributed by atoms with Crippen molar-refractivity contribution in [2.45, 2.75) is 6.18 Å². The first-order valence-electron chi connectivity index (χ1n) is 10.4.